The highest BCUT2D eigenvalue weighted by Gasteiger charge is 2.35. The summed E-state index contributed by atoms with van der Waals surface area (Å²) in [5.74, 6) is 0.481. The van der Waals surface area contributed by atoms with Crippen LogP contribution in [0.2, 0.25) is 0 Å². The van der Waals surface area contributed by atoms with Gasteiger partial charge in [-0.15, -0.1) is 0 Å². The summed E-state index contributed by atoms with van der Waals surface area (Å²) in [6, 6.07) is 15.1. The summed E-state index contributed by atoms with van der Waals surface area (Å²) in [7, 11) is 0. The van der Waals surface area contributed by atoms with Crippen LogP contribution in [0.5, 0.6) is 0 Å². The highest BCUT2D eigenvalue weighted by Crippen LogP contribution is 2.53. The Balaban J connectivity index is 1.81. The topological polar surface area (TPSA) is 17.1 Å². The maximum absolute atomic E-state index is 12.0. The van der Waals surface area contributed by atoms with Gasteiger partial charge in [0, 0.05) is 31.9 Å². The highest BCUT2D eigenvalue weighted by atomic mass is 32.2. The number of rotatable bonds is 1. The van der Waals surface area contributed by atoms with E-state index >= 15 is 0 Å². The fourth-order valence-electron chi connectivity index (χ4n) is 3.31. The van der Waals surface area contributed by atoms with Gasteiger partial charge in [-0.3, -0.25) is 4.79 Å². The summed E-state index contributed by atoms with van der Waals surface area (Å²) in [4.78, 5) is 17.3. The fraction of sp³-hybridized carbons (Fsp3) is 0.250. The molecule has 0 amide bonds. The zero-order valence-corrected chi connectivity index (χ0v) is 14.8. The van der Waals surface area contributed by atoms with Crippen LogP contribution in [0.4, 0.5) is 0 Å². The number of fused-ring (bicyclic) bond motifs is 2. The molecule has 1 nitrogen and oxygen atoms in total. The first-order chi connectivity index (χ1) is 11.0. The van der Waals surface area contributed by atoms with E-state index in [1.54, 1.807) is 6.08 Å². The predicted molar refractivity (Wildman–Crippen MR) is 96.4 cm³/mol. The Morgan fingerprint density at radius 3 is 2.43 bits per heavy atom. The van der Waals surface area contributed by atoms with E-state index in [1.807, 2.05) is 23.5 Å². The molecule has 116 valence electrons. The SMILES string of the molecule is CC1(C)C=CC(=O)CC1c1cccc2c1Sc1ccccc1S2. The molecule has 0 N–H and O–H groups in total. The summed E-state index contributed by atoms with van der Waals surface area (Å²) in [5.41, 5.74) is 1.32. The Hall–Kier alpha value is -1.45. The third-order valence-electron chi connectivity index (χ3n) is 4.67. The molecular weight excluding hydrogens is 320 g/mol. The minimum absolute atomic E-state index is 0.00518. The number of hydrogen-bond donors (Lipinski definition) is 0. The number of benzene rings is 2. The van der Waals surface area contributed by atoms with Crippen molar-refractivity contribution in [1.29, 1.82) is 0 Å². The van der Waals surface area contributed by atoms with Gasteiger partial charge in [0.05, 0.1) is 0 Å². The lowest BCUT2D eigenvalue weighted by atomic mass is 9.69. The number of hydrogen-bond acceptors (Lipinski definition) is 3. The summed E-state index contributed by atoms with van der Waals surface area (Å²) in [5, 5.41) is 0. The third kappa shape index (κ3) is 2.66. The molecule has 3 heteroatoms. The van der Waals surface area contributed by atoms with E-state index in [0.29, 0.717) is 6.42 Å². The first-order valence-corrected chi connectivity index (χ1v) is 9.47. The average molecular weight is 338 g/mol. The Bertz CT molecular complexity index is 820. The molecule has 23 heavy (non-hydrogen) atoms. The summed E-state index contributed by atoms with van der Waals surface area (Å²) in [6.07, 6.45) is 4.44. The monoisotopic (exact) mass is 338 g/mol. The highest BCUT2D eigenvalue weighted by molar-refractivity contribution is 8.05. The Morgan fingerprint density at radius 2 is 1.65 bits per heavy atom. The van der Waals surface area contributed by atoms with Crippen molar-refractivity contribution >= 4 is 29.3 Å². The van der Waals surface area contributed by atoms with Crippen molar-refractivity contribution in [3.8, 4) is 0 Å². The van der Waals surface area contributed by atoms with Crippen molar-refractivity contribution in [3.05, 3.63) is 60.2 Å². The van der Waals surface area contributed by atoms with Crippen molar-refractivity contribution in [2.45, 2.75) is 45.8 Å². The molecule has 0 saturated heterocycles. The molecule has 2 aromatic rings. The average Bonchev–Trinajstić information content (AvgIpc) is 2.55. The fourth-order valence-corrected chi connectivity index (χ4v) is 5.75. The van der Waals surface area contributed by atoms with Crippen molar-refractivity contribution < 1.29 is 4.79 Å². The van der Waals surface area contributed by atoms with Crippen LogP contribution in [0.15, 0.2) is 74.2 Å². The molecule has 1 aliphatic carbocycles. The van der Waals surface area contributed by atoms with Crippen LogP contribution in [-0.4, -0.2) is 5.78 Å². The molecule has 0 bridgehead atoms. The smallest absolute Gasteiger partial charge is 0.156 e. The van der Waals surface area contributed by atoms with Crippen LogP contribution in [-0.2, 0) is 4.79 Å². The molecule has 4 rings (SSSR count). The van der Waals surface area contributed by atoms with Gasteiger partial charge in [-0.05, 0) is 35.3 Å². The molecular formula is C20H18OS2. The van der Waals surface area contributed by atoms with E-state index in [2.05, 4.69) is 62.4 Å². The molecule has 0 fully saturated rings. The number of allylic oxidation sites excluding steroid dienone is 2. The van der Waals surface area contributed by atoms with Gasteiger partial charge in [0.25, 0.3) is 0 Å². The maximum Gasteiger partial charge on any atom is 0.156 e. The number of ketones is 1. The van der Waals surface area contributed by atoms with Gasteiger partial charge in [0.1, 0.15) is 0 Å². The van der Waals surface area contributed by atoms with Crippen molar-refractivity contribution in [2.24, 2.45) is 5.41 Å². The van der Waals surface area contributed by atoms with Crippen LogP contribution in [0.25, 0.3) is 0 Å². The quantitative estimate of drug-likeness (QED) is 0.546. The van der Waals surface area contributed by atoms with E-state index in [0.717, 1.165) is 0 Å². The van der Waals surface area contributed by atoms with Gasteiger partial charge in [0.2, 0.25) is 0 Å². The number of carbonyl (C=O) groups excluding carboxylic acids is 1. The molecule has 1 unspecified atom stereocenters. The van der Waals surface area contributed by atoms with Crippen molar-refractivity contribution in [2.75, 3.05) is 0 Å². The molecule has 1 atom stereocenters. The van der Waals surface area contributed by atoms with E-state index in [4.69, 9.17) is 0 Å². The lowest BCUT2D eigenvalue weighted by Gasteiger charge is -2.36. The summed E-state index contributed by atoms with van der Waals surface area (Å²) >= 11 is 3.69. The Morgan fingerprint density at radius 1 is 0.957 bits per heavy atom. The molecule has 1 heterocycles. The largest absolute Gasteiger partial charge is 0.295 e. The van der Waals surface area contributed by atoms with Gasteiger partial charge in [-0.25, -0.2) is 0 Å². The standard InChI is InChI=1S/C20H18OS2/c1-20(2)11-10-13(21)12-15(20)14-6-5-9-18-19(14)23-17-8-4-3-7-16(17)22-18/h3-11,15H,12H2,1-2H3. The van der Waals surface area contributed by atoms with Crippen LogP contribution >= 0.6 is 23.5 Å². The molecule has 0 aromatic heterocycles. The number of carbonyl (C=O) groups is 1. The van der Waals surface area contributed by atoms with Gasteiger partial charge < -0.3 is 0 Å². The first kappa shape index (κ1) is 15.1. The second-order valence-electron chi connectivity index (χ2n) is 6.70. The predicted octanol–water partition coefficient (Wildman–Crippen LogP) is 5.94. The van der Waals surface area contributed by atoms with Crippen LogP contribution in [0, 0.1) is 5.41 Å². The molecule has 1 aliphatic heterocycles. The lowest BCUT2D eigenvalue weighted by molar-refractivity contribution is -0.116. The van der Waals surface area contributed by atoms with Crippen molar-refractivity contribution in [1.82, 2.24) is 0 Å². The van der Waals surface area contributed by atoms with Gasteiger partial charge >= 0.3 is 0 Å². The normalized spacial score (nSPS) is 21.7. The summed E-state index contributed by atoms with van der Waals surface area (Å²) in [6.45, 7) is 4.46. The first-order valence-electron chi connectivity index (χ1n) is 7.84. The van der Waals surface area contributed by atoms with Crippen LogP contribution in [0.3, 0.4) is 0 Å². The van der Waals surface area contributed by atoms with Gasteiger partial charge in [0.15, 0.2) is 5.78 Å². The van der Waals surface area contributed by atoms with Crippen molar-refractivity contribution in [3.63, 3.8) is 0 Å². The Labute approximate surface area is 145 Å². The summed E-state index contributed by atoms with van der Waals surface area (Å²) < 4.78 is 0. The Kier molecular flexibility index (Phi) is 3.66. The third-order valence-corrected chi connectivity index (χ3v) is 7.30. The second-order valence-corrected chi connectivity index (χ2v) is 8.84. The molecule has 0 spiro atoms. The van der Waals surface area contributed by atoms with E-state index < -0.39 is 0 Å². The van der Waals surface area contributed by atoms with Gasteiger partial charge in [-0.2, -0.15) is 0 Å². The molecule has 0 saturated carbocycles. The maximum atomic E-state index is 12.0. The minimum Gasteiger partial charge on any atom is -0.295 e. The van der Waals surface area contributed by atoms with Crippen LogP contribution < -0.4 is 0 Å². The van der Waals surface area contributed by atoms with Gasteiger partial charge in [-0.1, -0.05) is 67.7 Å². The zero-order valence-electron chi connectivity index (χ0n) is 13.2. The lowest BCUT2D eigenvalue weighted by Crippen LogP contribution is -2.26. The van der Waals surface area contributed by atoms with E-state index in [9.17, 15) is 4.79 Å². The minimum atomic E-state index is 0.00518. The molecule has 2 aliphatic rings. The van der Waals surface area contributed by atoms with Crippen LogP contribution in [0.1, 0.15) is 31.7 Å². The molecule has 2 aromatic carbocycles. The molecule has 0 radical (unpaired) electrons. The zero-order chi connectivity index (χ0) is 16.0. The second kappa shape index (κ2) is 5.57. The van der Waals surface area contributed by atoms with E-state index in [-0.39, 0.29) is 17.1 Å². The van der Waals surface area contributed by atoms with E-state index in [1.165, 1.54) is 25.1 Å².